The first-order chi connectivity index (χ1) is 13.0. The third-order valence-corrected chi connectivity index (χ3v) is 4.40. The fourth-order valence-electron chi connectivity index (χ4n) is 3.02. The number of aliphatic hydroxyl groups is 1. The number of hydrogen-bond donors (Lipinski definition) is 3. The molecule has 2 aromatic heterocycles. The number of nitrogens with one attached hydrogen (secondary N) is 1. The van der Waals surface area contributed by atoms with Gasteiger partial charge in [0.05, 0.1) is 6.10 Å². The molecule has 3 heterocycles. The predicted molar refractivity (Wildman–Crippen MR) is 93.4 cm³/mol. The normalized spacial score (nSPS) is 16.8. The van der Waals surface area contributed by atoms with Gasteiger partial charge in [-0.05, 0) is 24.6 Å². The van der Waals surface area contributed by atoms with E-state index in [2.05, 4.69) is 20.4 Å². The number of aliphatic hydroxyl groups excluding tert-OH is 1. The molecule has 1 atom stereocenters. The number of hydrogen-bond acceptors (Lipinski definition) is 7. The van der Waals surface area contributed by atoms with Gasteiger partial charge < -0.3 is 20.5 Å². The lowest BCUT2D eigenvalue weighted by molar-refractivity contribution is 0.0764. The SMILES string of the molecule is Nc1cc(OCc2cc(C(=O)N3CC[C@@H](O)C3)ccc2F)c2n[nH]nc2n1. The maximum absolute atomic E-state index is 14.2. The zero-order chi connectivity index (χ0) is 19.0. The van der Waals surface area contributed by atoms with Gasteiger partial charge in [0, 0.05) is 30.3 Å². The van der Waals surface area contributed by atoms with Gasteiger partial charge in [0.15, 0.2) is 11.3 Å². The topological polar surface area (TPSA) is 130 Å². The molecule has 1 saturated heterocycles. The second-order valence-electron chi connectivity index (χ2n) is 6.33. The fraction of sp³-hybridized carbons (Fsp3) is 0.294. The van der Waals surface area contributed by atoms with Crippen LogP contribution in [0, 0.1) is 5.82 Å². The number of halogens is 1. The number of pyridine rings is 1. The number of amides is 1. The number of aromatic amines is 1. The molecule has 0 bridgehead atoms. The Morgan fingerprint density at radius 3 is 3.04 bits per heavy atom. The van der Waals surface area contributed by atoms with Crippen molar-refractivity contribution in [3.05, 3.63) is 41.2 Å². The summed E-state index contributed by atoms with van der Waals surface area (Å²) >= 11 is 0. The van der Waals surface area contributed by atoms with Crippen LogP contribution in [0.3, 0.4) is 0 Å². The number of nitrogen functional groups attached to an aromatic ring is 1. The van der Waals surface area contributed by atoms with E-state index in [0.29, 0.717) is 35.4 Å². The number of carbonyl (C=O) groups is 1. The first-order valence-electron chi connectivity index (χ1n) is 8.37. The average molecular weight is 372 g/mol. The Morgan fingerprint density at radius 1 is 1.41 bits per heavy atom. The maximum atomic E-state index is 14.2. The van der Waals surface area contributed by atoms with Gasteiger partial charge in [-0.25, -0.2) is 9.37 Å². The Bertz CT molecular complexity index is 1010. The molecule has 0 spiro atoms. The third kappa shape index (κ3) is 3.38. The van der Waals surface area contributed by atoms with E-state index in [9.17, 15) is 14.3 Å². The summed E-state index contributed by atoms with van der Waals surface area (Å²) in [5.41, 5.74) is 6.93. The highest BCUT2D eigenvalue weighted by Crippen LogP contribution is 2.25. The van der Waals surface area contributed by atoms with E-state index in [-0.39, 0.29) is 30.4 Å². The minimum atomic E-state index is -0.515. The Morgan fingerprint density at radius 2 is 2.26 bits per heavy atom. The van der Waals surface area contributed by atoms with Crippen LogP contribution in [0.5, 0.6) is 5.75 Å². The van der Waals surface area contributed by atoms with Crippen molar-refractivity contribution < 1.29 is 19.0 Å². The van der Waals surface area contributed by atoms with Crippen molar-refractivity contribution in [1.29, 1.82) is 0 Å². The molecule has 1 aliphatic heterocycles. The molecule has 140 valence electrons. The molecular formula is C17H17FN6O3. The van der Waals surface area contributed by atoms with Crippen LogP contribution in [-0.2, 0) is 6.61 Å². The molecule has 1 amide bonds. The molecule has 4 N–H and O–H groups in total. The van der Waals surface area contributed by atoms with E-state index in [0.717, 1.165) is 0 Å². The fourth-order valence-corrected chi connectivity index (χ4v) is 3.02. The van der Waals surface area contributed by atoms with Gasteiger partial charge in [-0.3, -0.25) is 4.79 Å². The van der Waals surface area contributed by atoms with Crippen molar-refractivity contribution in [3.63, 3.8) is 0 Å². The number of nitrogens with two attached hydrogens (primary N) is 1. The molecule has 0 unspecified atom stereocenters. The van der Waals surface area contributed by atoms with E-state index in [1.54, 1.807) is 4.90 Å². The maximum Gasteiger partial charge on any atom is 0.253 e. The number of aromatic nitrogens is 4. The lowest BCUT2D eigenvalue weighted by Crippen LogP contribution is -2.29. The monoisotopic (exact) mass is 372 g/mol. The summed E-state index contributed by atoms with van der Waals surface area (Å²) in [6, 6.07) is 5.58. The number of fused-ring (bicyclic) bond motifs is 1. The molecule has 1 aromatic carbocycles. The number of ether oxygens (including phenoxy) is 1. The highest BCUT2D eigenvalue weighted by Gasteiger charge is 2.26. The summed E-state index contributed by atoms with van der Waals surface area (Å²) in [4.78, 5) is 18.1. The van der Waals surface area contributed by atoms with Gasteiger partial charge in [0.2, 0.25) is 5.65 Å². The van der Waals surface area contributed by atoms with Gasteiger partial charge >= 0.3 is 0 Å². The van der Waals surface area contributed by atoms with Crippen LogP contribution in [0.1, 0.15) is 22.3 Å². The van der Waals surface area contributed by atoms with Crippen molar-refractivity contribution in [3.8, 4) is 5.75 Å². The number of rotatable bonds is 4. The molecule has 4 rings (SSSR count). The van der Waals surface area contributed by atoms with E-state index in [4.69, 9.17) is 10.5 Å². The van der Waals surface area contributed by atoms with Gasteiger partial charge in [0.25, 0.3) is 5.91 Å². The van der Waals surface area contributed by atoms with E-state index < -0.39 is 11.9 Å². The van der Waals surface area contributed by atoms with Crippen LogP contribution in [-0.4, -0.2) is 55.5 Å². The lowest BCUT2D eigenvalue weighted by Gasteiger charge is -2.16. The molecule has 0 saturated carbocycles. The Kier molecular flexibility index (Phi) is 4.32. The zero-order valence-corrected chi connectivity index (χ0v) is 14.2. The summed E-state index contributed by atoms with van der Waals surface area (Å²) in [6.07, 6.45) is 0.0271. The third-order valence-electron chi connectivity index (χ3n) is 4.40. The molecular weight excluding hydrogens is 355 g/mol. The van der Waals surface area contributed by atoms with Gasteiger partial charge in [-0.15, -0.1) is 5.10 Å². The average Bonchev–Trinajstić information content (AvgIpc) is 3.29. The number of likely N-dealkylation sites (tertiary alicyclic amines) is 1. The highest BCUT2D eigenvalue weighted by atomic mass is 19.1. The minimum absolute atomic E-state index is 0.124. The first-order valence-corrected chi connectivity index (χ1v) is 8.37. The van der Waals surface area contributed by atoms with Crippen LogP contribution >= 0.6 is 0 Å². The number of nitrogens with zero attached hydrogens (tertiary/aromatic N) is 4. The molecule has 1 fully saturated rings. The summed E-state index contributed by atoms with van der Waals surface area (Å²) in [6.45, 7) is 0.632. The van der Waals surface area contributed by atoms with Crippen LogP contribution in [0.25, 0.3) is 11.2 Å². The van der Waals surface area contributed by atoms with E-state index in [1.807, 2.05) is 0 Å². The van der Waals surface area contributed by atoms with E-state index >= 15 is 0 Å². The molecule has 27 heavy (non-hydrogen) atoms. The Balaban J connectivity index is 1.55. The van der Waals surface area contributed by atoms with Crippen LogP contribution < -0.4 is 10.5 Å². The number of H-pyrrole nitrogens is 1. The van der Waals surface area contributed by atoms with Crippen molar-refractivity contribution in [2.24, 2.45) is 0 Å². The largest absolute Gasteiger partial charge is 0.486 e. The van der Waals surface area contributed by atoms with Crippen LogP contribution in [0.2, 0.25) is 0 Å². The highest BCUT2D eigenvalue weighted by molar-refractivity contribution is 5.94. The molecule has 10 heteroatoms. The quantitative estimate of drug-likeness (QED) is 0.619. The lowest BCUT2D eigenvalue weighted by atomic mass is 10.1. The Hall–Kier alpha value is -3.27. The standard InChI is InChI=1S/C17H17FN6O3/c18-12-2-1-9(17(26)24-4-3-11(25)7-24)5-10(12)8-27-13-6-14(19)20-16-15(13)21-23-22-16/h1-2,5-6,11,25H,3-4,7-8H2,(H3,19,20,21,22,23)/t11-/m1/s1. The van der Waals surface area contributed by atoms with Gasteiger partial charge in [-0.1, -0.05) is 0 Å². The predicted octanol–water partition coefficient (Wildman–Crippen LogP) is 0.860. The second kappa shape index (κ2) is 6.80. The van der Waals surface area contributed by atoms with Crippen molar-refractivity contribution in [1.82, 2.24) is 25.3 Å². The van der Waals surface area contributed by atoms with Crippen molar-refractivity contribution >= 4 is 22.9 Å². The van der Waals surface area contributed by atoms with Crippen molar-refractivity contribution in [2.45, 2.75) is 19.1 Å². The Labute approximate surface area is 152 Å². The zero-order valence-electron chi connectivity index (χ0n) is 14.2. The molecule has 0 aliphatic carbocycles. The molecule has 0 radical (unpaired) electrons. The molecule has 9 nitrogen and oxygen atoms in total. The molecule has 3 aromatic rings. The number of anilines is 1. The number of β-amino-alcohol motifs (C(OH)–C–C–N with tert-alkyl or cyclic N) is 1. The van der Waals surface area contributed by atoms with Crippen molar-refractivity contribution in [2.75, 3.05) is 18.8 Å². The smallest absolute Gasteiger partial charge is 0.253 e. The van der Waals surface area contributed by atoms with Crippen LogP contribution in [0.4, 0.5) is 10.2 Å². The van der Waals surface area contributed by atoms with E-state index in [1.165, 1.54) is 24.3 Å². The van der Waals surface area contributed by atoms with Gasteiger partial charge in [0.1, 0.15) is 18.2 Å². The summed E-state index contributed by atoms with van der Waals surface area (Å²) < 4.78 is 19.8. The minimum Gasteiger partial charge on any atom is -0.486 e. The first kappa shape index (κ1) is 17.2. The summed E-state index contributed by atoms with van der Waals surface area (Å²) in [5.74, 6) is -0.236. The number of benzene rings is 1. The summed E-state index contributed by atoms with van der Waals surface area (Å²) in [7, 11) is 0. The van der Waals surface area contributed by atoms with Crippen LogP contribution in [0.15, 0.2) is 24.3 Å². The summed E-state index contributed by atoms with van der Waals surface area (Å²) in [5, 5.41) is 19.8. The van der Waals surface area contributed by atoms with Gasteiger partial charge in [-0.2, -0.15) is 10.3 Å². The number of carbonyl (C=O) groups excluding carboxylic acids is 1. The molecule has 1 aliphatic rings. The second-order valence-corrected chi connectivity index (χ2v) is 6.33.